The van der Waals surface area contributed by atoms with Gasteiger partial charge in [0.25, 0.3) is 0 Å². The molecular weight excluding hydrogens is 295 g/mol. The number of likely N-dealkylation sites (N-methyl/N-ethyl adjacent to an activating group) is 1. The van der Waals surface area contributed by atoms with Crippen molar-refractivity contribution in [2.45, 2.75) is 20.0 Å². The second-order valence-corrected chi connectivity index (χ2v) is 5.27. The Morgan fingerprint density at radius 1 is 1.22 bits per heavy atom. The van der Waals surface area contributed by atoms with Gasteiger partial charge in [0.15, 0.2) is 0 Å². The summed E-state index contributed by atoms with van der Waals surface area (Å²) in [7, 11) is 0. The van der Waals surface area contributed by atoms with Gasteiger partial charge in [0.05, 0.1) is 5.52 Å². The van der Waals surface area contributed by atoms with E-state index in [-0.39, 0.29) is 18.3 Å². The maximum atomic E-state index is 13.3. The van der Waals surface area contributed by atoms with E-state index in [1.165, 1.54) is 12.1 Å². The summed E-state index contributed by atoms with van der Waals surface area (Å²) in [5, 5.41) is 8.08. The van der Waals surface area contributed by atoms with Crippen molar-refractivity contribution < 1.29 is 9.18 Å². The molecule has 1 aromatic heterocycles. The quantitative estimate of drug-likeness (QED) is 0.728. The number of nitrogens with zero attached hydrogens (tertiary/aromatic N) is 4. The number of benzene rings is 2. The molecule has 0 aliphatic rings. The largest absolute Gasteiger partial charge is 0.337 e. The highest BCUT2D eigenvalue weighted by Gasteiger charge is 2.15. The van der Waals surface area contributed by atoms with Crippen LogP contribution in [0.4, 0.5) is 4.39 Å². The number of hydrogen-bond acceptors (Lipinski definition) is 3. The maximum absolute atomic E-state index is 13.3. The first-order valence-corrected chi connectivity index (χ1v) is 7.48. The summed E-state index contributed by atoms with van der Waals surface area (Å²) in [6.07, 6.45) is 0. The number of amides is 1. The maximum Gasteiger partial charge on any atom is 0.244 e. The number of halogens is 1. The molecule has 1 amide bonds. The summed E-state index contributed by atoms with van der Waals surface area (Å²) >= 11 is 0. The Balaban J connectivity index is 1.75. The molecule has 0 spiro atoms. The molecule has 0 aliphatic carbocycles. The summed E-state index contributed by atoms with van der Waals surface area (Å²) in [5.74, 6) is -0.374. The molecule has 118 valence electrons. The smallest absolute Gasteiger partial charge is 0.244 e. The van der Waals surface area contributed by atoms with Crippen LogP contribution in [0.5, 0.6) is 0 Å². The van der Waals surface area contributed by atoms with Gasteiger partial charge in [-0.1, -0.05) is 29.5 Å². The van der Waals surface area contributed by atoms with E-state index in [1.54, 1.807) is 15.6 Å². The molecule has 3 aromatic rings. The minimum absolute atomic E-state index is 0.0765. The third-order valence-corrected chi connectivity index (χ3v) is 3.70. The Bertz CT molecular complexity index is 830. The molecule has 0 N–H and O–H groups in total. The molecular formula is C17H17FN4O. The first-order chi connectivity index (χ1) is 11.2. The van der Waals surface area contributed by atoms with Gasteiger partial charge >= 0.3 is 0 Å². The molecule has 23 heavy (non-hydrogen) atoms. The van der Waals surface area contributed by atoms with E-state index in [4.69, 9.17) is 0 Å². The van der Waals surface area contributed by atoms with Gasteiger partial charge in [-0.15, -0.1) is 5.10 Å². The summed E-state index contributed by atoms with van der Waals surface area (Å²) in [6, 6.07) is 13.8. The second kappa shape index (κ2) is 6.56. The van der Waals surface area contributed by atoms with Gasteiger partial charge < -0.3 is 4.90 Å². The summed E-state index contributed by atoms with van der Waals surface area (Å²) < 4.78 is 14.9. The van der Waals surface area contributed by atoms with E-state index < -0.39 is 0 Å². The normalized spacial score (nSPS) is 10.9. The van der Waals surface area contributed by atoms with Crippen LogP contribution in [0.25, 0.3) is 11.0 Å². The van der Waals surface area contributed by atoms with Gasteiger partial charge in [-0.2, -0.15) is 0 Å². The second-order valence-electron chi connectivity index (χ2n) is 5.27. The summed E-state index contributed by atoms with van der Waals surface area (Å²) in [6.45, 7) is 2.93. The van der Waals surface area contributed by atoms with Crippen LogP contribution in [-0.4, -0.2) is 32.3 Å². The van der Waals surface area contributed by atoms with Crippen molar-refractivity contribution >= 4 is 16.9 Å². The van der Waals surface area contributed by atoms with Crippen LogP contribution in [-0.2, 0) is 17.9 Å². The third kappa shape index (κ3) is 3.36. The number of aromatic nitrogens is 3. The zero-order valence-electron chi connectivity index (χ0n) is 12.8. The van der Waals surface area contributed by atoms with Gasteiger partial charge in [-0.05, 0) is 36.8 Å². The standard InChI is InChI=1S/C17H17FN4O/c1-2-21(11-13-6-5-7-14(18)10-13)17(23)12-22-16-9-4-3-8-15(16)19-20-22/h3-10H,2,11-12H2,1H3. The number of carbonyl (C=O) groups is 1. The fraction of sp³-hybridized carbons (Fsp3) is 0.235. The van der Waals surface area contributed by atoms with Crippen LogP contribution in [0.2, 0.25) is 0 Å². The first-order valence-electron chi connectivity index (χ1n) is 7.48. The minimum Gasteiger partial charge on any atom is -0.337 e. The number of carbonyl (C=O) groups excluding carboxylic acids is 1. The lowest BCUT2D eigenvalue weighted by molar-refractivity contribution is -0.132. The van der Waals surface area contributed by atoms with Crippen LogP contribution in [0, 0.1) is 5.82 Å². The highest BCUT2D eigenvalue weighted by molar-refractivity contribution is 5.79. The molecule has 0 saturated carbocycles. The van der Waals surface area contributed by atoms with E-state index in [0.29, 0.717) is 13.1 Å². The SMILES string of the molecule is CCN(Cc1cccc(F)c1)C(=O)Cn1nnc2ccccc21. The molecule has 0 saturated heterocycles. The Labute approximate surface area is 133 Å². The highest BCUT2D eigenvalue weighted by atomic mass is 19.1. The first kappa shape index (κ1) is 15.1. The van der Waals surface area contributed by atoms with Gasteiger partial charge in [0.2, 0.25) is 5.91 Å². The molecule has 5 nitrogen and oxygen atoms in total. The molecule has 1 heterocycles. The van der Waals surface area contributed by atoms with Crippen LogP contribution >= 0.6 is 0 Å². The van der Waals surface area contributed by atoms with Crippen LogP contribution < -0.4 is 0 Å². The lowest BCUT2D eigenvalue weighted by Gasteiger charge is -2.21. The van der Waals surface area contributed by atoms with Gasteiger partial charge in [-0.25, -0.2) is 9.07 Å². The molecule has 0 radical (unpaired) electrons. The fourth-order valence-electron chi connectivity index (χ4n) is 2.49. The third-order valence-electron chi connectivity index (χ3n) is 3.70. The van der Waals surface area contributed by atoms with Gasteiger partial charge in [0, 0.05) is 13.1 Å². The molecule has 2 aromatic carbocycles. The van der Waals surface area contributed by atoms with Crippen molar-refractivity contribution in [3.8, 4) is 0 Å². The Morgan fingerprint density at radius 3 is 2.83 bits per heavy atom. The molecule has 0 unspecified atom stereocenters. The number of para-hydroxylation sites is 1. The number of hydrogen-bond donors (Lipinski definition) is 0. The topological polar surface area (TPSA) is 51.0 Å². The molecule has 0 atom stereocenters. The van der Waals surface area contributed by atoms with Crippen LogP contribution in [0.15, 0.2) is 48.5 Å². The zero-order valence-corrected chi connectivity index (χ0v) is 12.8. The Hall–Kier alpha value is -2.76. The summed E-state index contributed by atoms with van der Waals surface area (Å²) in [4.78, 5) is 14.2. The van der Waals surface area contributed by atoms with E-state index in [2.05, 4.69) is 10.3 Å². The molecule has 0 bridgehead atoms. The van der Waals surface area contributed by atoms with Gasteiger partial charge in [-0.3, -0.25) is 4.79 Å². The van der Waals surface area contributed by atoms with Crippen molar-refractivity contribution in [2.24, 2.45) is 0 Å². The lowest BCUT2D eigenvalue weighted by atomic mass is 10.2. The Kier molecular flexibility index (Phi) is 4.32. The van der Waals surface area contributed by atoms with Crippen LogP contribution in [0.1, 0.15) is 12.5 Å². The van der Waals surface area contributed by atoms with Crippen molar-refractivity contribution in [3.05, 3.63) is 59.9 Å². The monoisotopic (exact) mass is 312 g/mol. The predicted octanol–water partition coefficient (Wildman–Crippen LogP) is 2.62. The number of rotatable bonds is 5. The molecule has 6 heteroatoms. The highest BCUT2D eigenvalue weighted by Crippen LogP contribution is 2.11. The average molecular weight is 312 g/mol. The Morgan fingerprint density at radius 2 is 2.04 bits per heavy atom. The average Bonchev–Trinajstić information content (AvgIpc) is 2.96. The van der Waals surface area contributed by atoms with Crippen molar-refractivity contribution in [1.29, 1.82) is 0 Å². The van der Waals surface area contributed by atoms with Gasteiger partial charge in [0.1, 0.15) is 17.9 Å². The van der Waals surface area contributed by atoms with E-state index in [0.717, 1.165) is 16.6 Å². The lowest BCUT2D eigenvalue weighted by Crippen LogP contribution is -2.33. The predicted molar refractivity (Wildman–Crippen MR) is 85.0 cm³/mol. The van der Waals surface area contributed by atoms with E-state index >= 15 is 0 Å². The van der Waals surface area contributed by atoms with Crippen molar-refractivity contribution in [3.63, 3.8) is 0 Å². The molecule has 0 fully saturated rings. The number of fused-ring (bicyclic) bond motifs is 1. The minimum atomic E-state index is -0.298. The van der Waals surface area contributed by atoms with E-state index in [9.17, 15) is 9.18 Å². The van der Waals surface area contributed by atoms with E-state index in [1.807, 2.05) is 37.3 Å². The fourth-order valence-corrected chi connectivity index (χ4v) is 2.49. The summed E-state index contributed by atoms with van der Waals surface area (Å²) in [5.41, 5.74) is 2.35. The molecule has 3 rings (SSSR count). The van der Waals surface area contributed by atoms with Crippen molar-refractivity contribution in [2.75, 3.05) is 6.54 Å². The zero-order chi connectivity index (χ0) is 16.2. The van der Waals surface area contributed by atoms with Crippen molar-refractivity contribution in [1.82, 2.24) is 19.9 Å². The molecule has 0 aliphatic heterocycles. The van der Waals surface area contributed by atoms with Crippen LogP contribution in [0.3, 0.4) is 0 Å².